The molecule has 0 saturated heterocycles. The number of halogens is 2. The minimum absolute atomic E-state index is 0.0135. The topological polar surface area (TPSA) is 82.2 Å². The zero-order valence-corrected chi connectivity index (χ0v) is 24.3. The molecule has 1 aliphatic heterocycles. The van der Waals surface area contributed by atoms with E-state index in [-0.39, 0.29) is 28.5 Å². The molecule has 1 aromatic heterocycles. The van der Waals surface area contributed by atoms with E-state index in [1.807, 2.05) is 12.1 Å². The summed E-state index contributed by atoms with van der Waals surface area (Å²) in [4.78, 5) is 42.5. The van der Waals surface area contributed by atoms with E-state index in [1.165, 1.54) is 4.57 Å². The number of carbonyl (C=O) groups is 2. The summed E-state index contributed by atoms with van der Waals surface area (Å²) in [7, 11) is 0. The number of rotatable bonds is 6. The van der Waals surface area contributed by atoms with Crippen LogP contribution in [0.25, 0.3) is 17.5 Å². The Morgan fingerprint density at radius 3 is 1.76 bits per heavy atom. The Labute approximate surface area is 255 Å². The number of nitrogens with two attached hydrogens (primary N) is 1. The molecule has 0 spiro atoms. The molecule has 4 aromatic carbocycles. The van der Waals surface area contributed by atoms with Crippen molar-refractivity contribution in [2.24, 2.45) is 5.73 Å². The second-order valence-electron chi connectivity index (χ2n) is 9.70. The summed E-state index contributed by atoms with van der Waals surface area (Å²) in [5.41, 5.74) is 8.99. The quantitative estimate of drug-likeness (QED) is 0.244. The first-order valence-corrected chi connectivity index (χ1v) is 14.6. The van der Waals surface area contributed by atoms with Gasteiger partial charge in [-0.2, -0.15) is 0 Å². The van der Waals surface area contributed by atoms with Crippen molar-refractivity contribution in [2.45, 2.75) is 5.92 Å². The normalized spacial score (nSPS) is 15.0. The van der Waals surface area contributed by atoms with Crippen molar-refractivity contribution < 1.29 is 9.59 Å². The van der Waals surface area contributed by atoms with E-state index in [2.05, 4.69) is 0 Å². The summed E-state index contributed by atoms with van der Waals surface area (Å²) < 4.78 is 2.03. The Hall–Kier alpha value is -4.49. The molecule has 8 heteroatoms. The molecule has 1 atom stereocenters. The smallest absolute Gasteiger partial charge is 0.274 e. The second kappa shape index (κ2) is 11.4. The largest absolute Gasteiger partial charge is 0.384 e. The van der Waals surface area contributed by atoms with Crippen LogP contribution in [0.1, 0.15) is 37.8 Å². The molecule has 5 nitrogen and oxygen atoms in total. The first-order valence-electron chi connectivity index (χ1n) is 13.0. The number of hydrogen-bond donors (Lipinski definition) is 1. The van der Waals surface area contributed by atoms with Crippen molar-refractivity contribution in [3.63, 3.8) is 0 Å². The summed E-state index contributed by atoms with van der Waals surface area (Å²) in [5, 5.41) is 1.08. The molecule has 5 aromatic rings. The maximum absolute atomic E-state index is 14.4. The van der Waals surface area contributed by atoms with Crippen LogP contribution in [0.2, 0.25) is 10.0 Å². The zero-order chi connectivity index (χ0) is 29.4. The molecule has 6 rings (SSSR count). The van der Waals surface area contributed by atoms with Gasteiger partial charge in [0.1, 0.15) is 10.5 Å². The van der Waals surface area contributed by atoms with Crippen LogP contribution < -0.4 is 20.5 Å². The third kappa shape index (κ3) is 5.05. The van der Waals surface area contributed by atoms with Crippen LogP contribution in [0, 0.1) is 0 Å². The van der Waals surface area contributed by atoms with Crippen LogP contribution >= 0.6 is 34.5 Å². The van der Waals surface area contributed by atoms with Crippen LogP contribution in [-0.2, 0) is 0 Å². The Kier molecular flexibility index (Phi) is 7.52. The summed E-state index contributed by atoms with van der Waals surface area (Å²) >= 11 is 13.4. The van der Waals surface area contributed by atoms with Crippen LogP contribution in [0.3, 0.4) is 0 Å². The number of aromatic nitrogens is 1. The van der Waals surface area contributed by atoms with Gasteiger partial charge in [-0.1, -0.05) is 108 Å². The van der Waals surface area contributed by atoms with Crippen molar-refractivity contribution in [1.82, 2.24) is 4.57 Å². The Balaban J connectivity index is 1.72. The second-order valence-corrected chi connectivity index (χ2v) is 11.6. The van der Waals surface area contributed by atoms with E-state index in [0.29, 0.717) is 35.9 Å². The van der Waals surface area contributed by atoms with Gasteiger partial charge in [0.2, 0.25) is 0 Å². The number of hydrogen-bond acceptors (Lipinski definition) is 5. The van der Waals surface area contributed by atoms with E-state index < -0.39 is 11.5 Å². The first kappa shape index (κ1) is 27.7. The molecule has 206 valence electrons. The average molecular weight is 610 g/mol. The number of Topliss-reactive ketones (excluding diaryl/α,β-unsaturated/α-hetero) is 2. The lowest BCUT2D eigenvalue weighted by Crippen LogP contribution is -2.41. The summed E-state index contributed by atoms with van der Waals surface area (Å²) in [6, 6.07) is 31.5. The fraction of sp³-hybridized carbons (Fsp3) is 0.0294. The van der Waals surface area contributed by atoms with Crippen molar-refractivity contribution >= 4 is 63.6 Å². The van der Waals surface area contributed by atoms with E-state index in [4.69, 9.17) is 28.9 Å². The van der Waals surface area contributed by atoms with Gasteiger partial charge in [-0.15, -0.1) is 11.3 Å². The average Bonchev–Trinajstić information content (AvgIpc) is 3.34. The van der Waals surface area contributed by atoms with Crippen molar-refractivity contribution in [2.75, 3.05) is 0 Å². The molecule has 0 aliphatic carbocycles. The number of thiazole rings is 1. The molecule has 42 heavy (non-hydrogen) atoms. The molecule has 1 aliphatic rings. The molecule has 0 saturated carbocycles. The van der Waals surface area contributed by atoms with Gasteiger partial charge in [0.05, 0.1) is 10.1 Å². The number of benzene rings is 4. The van der Waals surface area contributed by atoms with Gasteiger partial charge in [-0.25, -0.2) is 0 Å². The Morgan fingerprint density at radius 2 is 1.21 bits per heavy atom. The van der Waals surface area contributed by atoms with Crippen molar-refractivity contribution in [3.8, 4) is 0 Å². The highest BCUT2D eigenvalue weighted by Crippen LogP contribution is 2.40. The number of nitrogens with zero attached hydrogens (tertiary/aromatic N) is 1. The predicted molar refractivity (Wildman–Crippen MR) is 169 cm³/mol. The fourth-order valence-corrected chi connectivity index (χ4v) is 6.51. The van der Waals surface area contributed by atoms with Crippen molar-refractivity contribution in [3.05, 3.63) is 167 Å². The summed E-state index contributed by atoms with van der Waals surface area (Å²) in [5.74, 6) is -1.56. The third-order valence-electron chi connectivity index (χ3n) is 7.08. The molecule has 0 bridgehead atoms. The van der Waals surface area contributed by atoms with Crippen LogP contribution in [0.15, 0.2) is 120 Å². The predicted octanol–water partition coefficient (Wildman–Crippen LogP) is 5.89. The molecule has 0 fully saturated rings. The van der Waals surface area contributed by atoms with Gasteiger partial charge < -0.3 is 5.73 Å². The number of ketones is 2. The van der Waals surface area contributed by atoms with Crippen LogP contribution in [0.4, 0.5) is 0 Å². The van der Waals surface area contributed by atoms with Gasteiger partial charge in [0.25, 0.3) is 5.56 Å². The van der Waals surface area contributed by atoms with E-state index in [1.54, 1.807) is 103 Å². The van der Waals surface area contributed by atoms with E-state index >= 15 is 0 Å². The molecule has 0 amide bonds. The number of allylic oxidation sites excluding steroid dienone is 1. The molecular weight excluding hydrogens is 587 g/mol. The molecular formula is C34H22Cl2N2O3S. The third-order valence-corrected chi connectivity index (χ3v) is 8.69. The Bertz CT molecular complexity index is 2050. The van der Waals surface area contributed by atoms with Gasteiger partial charge >= 0.3 is 0 Å². The summed E-state index contributed by atoms with van der Waals surface area (Å²) in [6.07, 6.45) is 1.72. The monoisotopic (exact) mass is 608 g/mol. The highest BCUT2D eigenvalue weighted by atomic mass is 35.5. The fourth-order valence-electron chi connectivity index (χ4n) is 5.08. The Morgan fingerprint density at radius 1 is 0.714 bits per heavy atom. The van der Waals surface area contributed by atoms with Crippen molar-refractivity contribution in [1.29, 1.82) is 0 Å². The molecule has 0 radical (unpaired) electrons. The lowest BCUT2D eigenvalue weighted by Gasteiger charge is -2.28. The lowest BCUT2D eigenvalue weighted by atomic mass is 9.77. The van der Waals surface area contributed by atoms with Gasteiger partial charge in [0.15, 0.2) is 11.6 Å². The van der Waals surface area contributed by atoms with E-state index in [9.17, 15) is 14.4 Å². The SMILES string of the molecule is NC1=C(C(=O)c2ccccc2)[C@H](c2ccc(Cl)cc2)C(C(=O)c2ccccc2)=c2s/c(=C/c3ccc(Cl)cc3)c(=O)n21. The van der Waals surface area contributed by atoms with Gasteiger partial charge in [-0.3, -0.25) is 19.0 Å². The van der Waals surface area contributed by atoms with Crippen LogP contribution in [0.5, 0.6) is 0 Å². The lowest BCUT2D eigenvalue weighted by molar-refractivity contribution is 0.102. The highest BCUT2D eigenvalue weighted by Gasteiger charge is 2.38. The van der Waals surface area contributed by atoms with Crippen LogP contribution in [-0.4, -0.2) is 16.1 Å². The van der Waals surface area contributed by atoms with E-state index in [0.717, 1.165) is 16.9 Å². The zero-order valence-electron chi connectivity index (χ0n) is 22.0. The summed E-state index contributed by atoms with van der Waals surface area (Å²) in [6.45, 7) is 0. The minimum Gasteiger partial charge on any atom is -0.384 e. The molecule has 2 heterocycles. The van der Waals surface area contributed by atoms with Gasteiger partial charge in [0, 0.05) is 32.7 Å². The first-order chi connectivity index (χ1) is 20.3. The number of fused-ring (bicyclic) bond motifs is 1. The molecule has 0 unspecified atom stereocenters. The standard InChI is InChI=1S/C34H22Cl2N2O3S/c35-24-15-11-20(12-16-24)19-26-33(41)38-32(37)28(30(39)22-7-3-1-4-8-22)27(21-13-17-25(36)18-14-21)29(34(38)42-26)31(40)23-9-5-2-6-10-23/h1-19,27H,37H2/b26-19+/t27-/m0/s1. The van der Waals surface area contributed by atoms with Gasteiger partial charge in [-0.05, 0) is 41.5 Å². The number of carbonyl (C=O) groups excluding carboxylic acids is 2. The maximum atomic E-state index is 14.4. The maximum Gasteiger partial charge on any atom is 0.274 e. The minimum atomic E-state index is -0.857. The highest BCUT2D eigenvalue weighted by molar-refractivity contribution is 7.07. The molecule has 2 N–H and O–H groups in total.